The molecule has 0 aliphatic heterocycles. The van der Waals surface area contributed by atoms with Crippen LogP contribution in [0.4, 0.5) is 5.82 Å². The number of ether oxygens (including phenoxy) is 1. The number of nitrogens with one attached hydrogen (secondary N) is 2. The maximum absolute atomic E-state index is 10.6. The number of aromatic amines is 1. The summed E-state index contributed by atoms with van der Waals surface area (Å²) in [5.41, 5.74) is 3.67. The molecule has 1 aromatic heterocycles. The van der Waals surface area contributed by atoms with Crippen molar-refractivity contribution in [2.75, 3.05) is 5.43 Å². The zero-order valence-corrected chi connectivity index (χ0v) is 11.5. The van der Waals surface area contributed by atoms with Crippen LogP contribution in [0.3, 0.4) is 0 Å². The van der Waals surface area contributed by atoms with E-state index in [0.29, 0.717) is 5.82 Å². The van der Waals surface area contributed by atoms with Crippen molar-refractivity contribution in [3.8, 4) is 11.3 Å². The lowest BCUT2D eigenvalue weighted by molar-refractivity contribution is -0.140. The smallest absolute Gasteiger partial charge is 0.304 e. The average Bonchev–Trinajstić information content (AvgIpc) is 2.88. The molecule has 1 heterocycles. The zero-order valence-electron chi connectivity index (χ0n) is 10.7. The van der Waals surface area contributed by atoms with Gasteiger partial charge in [0.2, 0.25) is 5.56 Å². The van der Waals surface area contributed by atoms with Crippen LogP contribution < -0.4 is 5.43 Å². The number of carbonyl (C=O) groups excluding carboxylic acids is 1. The lowest BCUT2D eigenvalue weighted by Gasteiger charge is -2.02. The number of aromatic nitrogens is 2. The Hall–Kier alpha value is -2.34. The van der Waals surface area contributed by atoms with Crippen LogP contribution in [-0.4, -0.2) is 27.9 Å². The second-order valence-corrected chi connectivity index (χ2v) is 4.31. The highest BCUT2D eigenvalue weighted by atomic mass is 35.5. The molecule has 0 spiro atoms. The quantitative estimate of drug-likeness (QED) is 0.384. The first kappa shape index (κ1) is 14.1. The van der Waals surface area contributed by atoms with Gasteiger partial charge in [-0.3, -0.25) is 15.3 Å². The monoisotopic (exact) mass is 292 g/mol. The van der Waals surface area contributed by atoms with Crippen molar-refractivity contribution in [1.29, 1.82) is 0 Å². The summed E-state index contributed by atoms with van der Waals surface area (Å²) in [4.78, 5) is 10.6. The van der Waals surface area contributed by atoms with Crippen molar-refractivity contribution in [3.63, 3.8) is 0 Å². The molecule has 0 radical (unpaired) electrons. The Labute approximate surface area is 120 Å². The molecule has 6 nitrogen and oxygen atoms in total. The van der Waals surface area contributed by atoms with Crippen LogP contribution >= 0.6 is 11.6 Å². The van der Waals surface area contributed by atoms with Crippen molar-refractivity contribution in [1.82, 2.24) is 10.2 Å². The molecule has 0 fully saturated rings. The van der Waals surface area contributed by atoms with Crippen LogP contribution in [0.2, 0.25) is 0 Å². The van der Waals surface area contributed by atoms with Crippen molar-refractivity contribution >= 4 is 29.6 Å². The first-order chi connectivity index (χ1) is 9.65. The molecule has 1 unspecified atom stereocenters. The molecule has 104 valence electrons. The molecular formula is C13H13ClN4O2. The molecular weight excluding hydrogens is 280 g/mol. The number of nitrogens with zero attached hydrogens (tertiary/aromatic N) is 2. The molecule has 0 saturated carbocycles. The second-order valence-electron chi connectivity index (χ2n) is 3.88. The van der Waals surface area contributed by atoms with E-state index >= 15 is 0 Å². The minimum Gasteiger partial charge on any atom is -0.440 e. The van der Waals surface area contributed by atoms with Crippen LogP contribution in [0.25, 0.3) is 11.3 Å². The third kappa shape index (κ3) is 4.10. The molecule has 0 amide bonds. The summed E-state index contributed by atoms with van der Waals surface area (Å²) in [6.07, 6.45) is 1.26. The molecule has 0 aliphatic carbocycles. The van der Waals surface area contributed by atoms with Gasteiger partial charge in [-0.15, -0.1) is 0 Å². The fraction of sp³-hybridized carbons (Fsp3) is 0.154. The van der Waals surface area contributed by atoms with Crippen LogP contribution in [0, 0.1) is 0 Å². The number of hydrazone groups is 1. The van der Waals surface area contributed by atoms with Crippen LogP contribution in [0.15, 0.2) is 41.5 Å². The normalized spacial score (nSPS) is 12.3. The van der Waals surface area contributed by atoms with Crippen molar-refractivity contribution in [3.05, 3.63) is 36.4 Å². The van der Waals surface area contributed by atoms with Gasteiger partial charge in [0.25, 0.3) is 0 Å². The van der Waals surface area contributed by atoms with Gasteiger partial charge >= 0.3 is 5.97 Å². The van der Waals surface area contributed by atoms with Gasteiger partial charge in [0, 0.05) is 13.0 Å². The minimum absolute atomic E-state index is 0.470. The van der Waals surface area contributed by atoms with Crippen molar-refractivity contribution in [2.45, 2.75) is 12.5 Å². The molecule has 20 heavy (non-hydrogen) atoms. The Morgan fingerprint density at radius 2 is 2.25 bits per heavy atom. The summed E-state index contributed by atoms with van der Waals surface area (Å²) < 4.78 is 4.67. The van der Waals surface area contributed by atoms with Gasteiger partial charge in [-0.1, -0.05) is 41.9 Å². The number of benzene rings is 1. The Morgan fingerprint density at radius 1 is 1.50 bits per heavy atom. The highest BCUT2D eigenvalue weighted by Crippen LogP contribution is 2.18. The van der Waals surface area contributed by atoms with Gasteiger partial charge in [-0.2, -0.15) is 10.2 Å². The Balaban J connectivity index is 1.94. The Bertz CT molecular complexity index is 597. The number of hydrogen-bond acceptors (Lipinski definition) is 5. The predicted octanol–water partition coefficient (Wildman–Crippen LogP) is 2.60. The van der Waals surface area contributed by atoms with E-state index in [1.54, 1.807) is 0 Å². The first-order valence-electron chi connectivity index (χ1n) is 5.86. The van der Waals surface area contributed by atoms with E-state index in [0.717, 1.165) is 11.3 Å². The predicted molar refractivity (Wildman–Crippen MR) is 77.5 cm³/mol. The number of halogens is 1. The number of alkyl halides is 1. The standard InChI is InChI=1S/C13H13ClN4O2/c1-9(19)20-12(14)8-15-17-13-7-11(16-18-13)10-5-3-2-4-6-10/h2-8,12H,1H3,(H2,16,17,18)/b15-8+. The third-order valence-corrected chi connectivity index (χ3v) is 2.51. The molecule has 7 heteroatoms. The number of anilines is 1. The number of hydrogen-bond donors (Lipinski definition) is 2. The molecule has 2 aromatic rings. The summed E-state index contributed by atoms with van der Waals surface area (Å²) in [5.74, 6) is 0.0642. The largest absolute Gasteiger partial charge is 0.440 e. The van der Waals surface area contributed by atoms with E-state index in [4.69, 9.17) is 11.6 Å². The average molecular weight is 293 g/mol. The summed E-state index contributed by atoms with van der Waals surface area (Å²) >= 11 is 5.68. The Kier molecular flexibility index (Phi) is 4.73. The van der Waals surface area contributed by atoms with Gasteiger partial charge in [0.15, 0.2) is 5.82 Å². The van der Waals surface area contributed by atoms with Crippen LogP contribution in [0.1, 0.15) is 6.92 Å². The third-order valence-electron chi connectivity index (χ3n) is 2.31. The van der Waals surface area contributed by atoms with Gasteiger partial charge in [0.1, 0.15) is 0 Å². The van der Waals surface area contributed by atoms with Crippen LogP contribution in [0.5, 0.6) is 0 Å². The molecule has 2 rings (SSSR count). The number of carbonyl (C=O) groups is 1. The van der Waals surface area contributed by atoms with Gasteiger partial charge in [-0.05, 0) is 5.56 Å². The van der Waals surface area contributed by atoms with Gasteiger partial charge in [0.05, 0.1) is 11.9 Å². The lowest BCUT2D eigenvalue weighted by Crippen LogP contribution is -2.11. The number of rotatable bonds is 5. The second kappa shape index (κ2) is 6.72. The fourth-order valence-electron chi connectivity index (χ4n) is 1.50. The summed E-state index contributed by atoms with van der Waals surface area (Å²) in [7, 11) is 0. The number of H-pyrrole nitrogens is 1. The SMILES string of the molecule is CC(=O)OC(Cl)/C=N/Nc1cc(-c2ccccc2)[nH]n1. The van der Waals surface area contributed by atoms with Crippen LogP contribution in [-0.2, 0) is 9.53 Å². The van der Waals surface area contributed by atoms with E-state index in [9.17, 15) is 4.79 Å². The molecule has 2 N–H and O–H groups in total. The van der Waals surface area contributed by atoms with E-state index in [1.165, 1.54) is 13.1 Å². The maximum Gasteiger partial charge on any atom is 0.304 e. The van der Waals surface area contributed by atoms with Gasteiger partial charge in [-0.25, -0.2) is 0 Å². The van der Waals surface area contributed by atoms with Crippen molar-refractivity contribution < 1.29 is 9.53 Å². The summed E-state index contributed by atoms with van der Waals surface area (Å²) in [6, 6.07) is 11.6. The minimum atomic E-state index is -0.910. The van der Waals surface area contributed by atoms with E-state index in [-0.39, 0.29) is 0 Å². The molecule has 1 aromatic carbocycles. The summed E-state index contributed by atoms with van der Waals surface area (Å²) in [6.45, 7) is 1.27. The molecule has 0 bridgehead atoms. The molecule has 1 atom stereocenters. The van der Waals surface area contributed by atoms with Crippen molar-refractivity contribution in [2.24, 2.45) is 5.10 Å². The van der Waals surface area contributed by atoms with Gasteiger partial charge < -0.3 is 4.74 Å². The molecule has 0 saturated heterocycles. The topological polar surface area (TPSA) is 79.4 Å². The zero-order chi connectivity index (χ0) is 14.4. The van der Waals surface area contributed by atoms with E-state index < -0.39 is 11.5 Å². The van der Waals surface area contributed by atoms with E-state index in [1.807, 2.05) is 36.4 Å². The summed E-state index contributed by atoms with van der Waals surface area (Å²) in [5, 5.41) is 10.8. The lowest BCUT2D eigenvalue weighted by atomic mass is 10.2. The fourth-order valence-corrected chi connectivity index (χ4v) is 1.68. The number of esters is 1. The Morgan fingerprint density at radius 3 is 2.95 bits per heavy atom. The maximum atomic E-state index is 10.6. The highest BCUT2D eigenvalue weighted by molar-refractivity contribution is 6.27. The van der Waals surface area contributed by atoms with E-state index in [2.05, 4.69) is 25.5 Å². The molecule has 0 aliphatic rings. The highest BCUT2D eigenvalue weighted by Gasteiger charge is 2.04. The first-order valence-corrected chi connectivity index (χ1v) is 6.30.